The quantitative estimate of drug-likeness (QED) is 0.394. The van der Waals surface area contributed by atoms with Crippen LogP contribution in [0.4, 0.5) is 0 Å². The van der Waals surface area contributed by atoms with E-state index in [1.807, 2.05) is 30.5 Å². The Kier molecular flexibility index (Phi) is 6.00. The molecule has 0 aliphatic rings. The van der Waals surface area contributed by atoms with E-state index in [9.17, 15) is 0 Å². The number of nitrogens with zero attached hydrogens (tertiary/aromatic N) is 1. The highest BCUT2D eigenvalue weighted by Gasteiger charge is 2.29. The molecule has 27 heavy (non-hydrogen) atoms. The van der Waals surface area contributed by atoms with Crippen molar-refractivity contribution in [2.75, 3.05) is 0 Å². The van der Waals surface area contributed by atoms with Crippen LogP contribution in [0.3, 0.4) is 0 Å². The summed E-state index contributed by atoms with van der Waals surface area (Å²) in [4.78, 5) is 5.93. The maximum Gasteiger partial charge on any atom is 0.0987 e. The minimum absolute atomic E-state index is 0.0268. The second-order valence-electron chi connectivity index (χ2n) is 8.31. The molecule has 142 valence electrons. The van der Waals surface area contributed by atoms with Crippen molar-refractivity contribution in [1.29, 1.82) is 0 Å². The van der Waals surface area contributed by atoms with Gasteiger partial charge in [-0.15, -0.1) is 11.3 Å². The summed E-state index contributed by atoms with van der Waals surface area (Å²) in [6, 6.07) is 16.2. The Balaban J connectivity index is 1.73. The van der Waals surface area contributed by atoms with E-state index in [-0.39, 0.29) is 10.8 Å². The first kappa shape index (κ1) is 20.4. The fourth-order valence-electron chi connectivity index (χ4n) is 3.11. The van der Waals surface area contributed by atoms with Gasteiger partial charge in [-0.05, 0) is 53.6 Å². The summed E-state index contributed by atoms with van der Waals surface area (Å²) in [5.74, 6) is 0. The van der Waals surface area contributed by atoms with Gasteiger partial charge >= 0.3 is 0 Å². The van der Waals surface area contributed by atoms with Gasteiger partial charge in [-0.25, -0.2) is 4.98 Å². The average molecular weight is 418 g/mol. The van der Waals surface area contributed by atoms with Crippen molar-refractivity contribution in [1.82, 2.24) is 4.98 Å². The molecule has 0 amide bonds. The number of hydrogen-bond donors (Lipinski definition) is 0. The van der Waals surface area contributed by atoms with Gasteiger partial charge in [-0.2, -0.15) is 0 Å². The first-order valence-corrected chi connectivity index (χ1v) is 10.7. The summed E-state index contributed by atoms with van der Waals surface area (Å²) in [5.41, 5.74) is 2.61. The van der Waals surface area contributed by atoms with Crippen molar-refractivity contribution in [2.45, 2.75) is 51.4 Å². The van der Waals surface area contributed by atoms with Crippen molar-refractivity contribution in [3.8, 4) is 10.4 Å². The normalized spacial score (nSPS) is 12.4. The Hall–Kier alpha value is -1.35. The monoisotopic (exact) mass is 417 g/mol. The van der Waals surface area contributed by atoms with Crippen LogP contribution < -0.4 is 0 Å². The van der Waals surface area contributed by atoms with Crippen LogP contribution >= 0.6 is 34.5 Å². The first-order valence-electron chi connectivity index (χ1n) is 9.16. The van der Waals surface area contributed by atoms with E-state index in [0.717, 1.165) is 22.9 Å². The van der Waals surface area contributed by atoms with Crippen molar-refractivity contribution in [3.63, 3.8) is 0 Å². The van der Waals surface area contributed by atoms with E-state index >= 15 is 0 Å². The molecule has 0 saturated heterocycles. The molecule has 0 radical (unpaired) electrons. The molecule has 0 aliphatic heterocycles. The molecule has 0 spiro atoms. The third-order valence-electron chi connectivity index (χ3n) is 5.21. The van der Waals surface area contributed by atoms with E-state index in [1.54, 1.807) is 11.3 Å². The zero-order valence-electron chi connectivity index (χ0n) is 16.2. The van der Waals surface area contributed by atoms with Crippen LogP contribution in [0, 0.1) is 0 Å². The molecule has 2 aromatic carbocycles. The van der Waals surface area contributed by atoms with Crippen molar-refractivity contribution >= 4 is 34.5 Å². The summed E-state index contributed by atoms with van der Waals surface area (Å²) >= 11 is 13.8. The van der Waals surface area contributed by atoms with Gasteiger partial charge in [0.2, 0.25) is 0 Å². The van der Waals surface area contributed by atoms with Gasteiger partial charge < -0.3 is 0 Å². The van der Waals surface area contributed by atoms with Gasteiger partial charge in [-0.1, -0.05) is 75.2 Å². The lowest BCUT2D eigenvalue weighted by atomic mass is 9.75. The zero-order valence-corrected chi connectivity index (χ0v) is 18.6. The average Bonchev–Trinajstić information content (AvgIpc) is 3.12. The fraction of sp³-hybridized carbons (Fsp3) is 0.348. The molecule has 4 heteroatoms. The van der Waals surface area contributed by atoms with Crippen LogP contribution in [0.15, 0.2) is 54.7 Å². The second kappa shape index (κ2) is 7.95. The summed E-state index contributed by atoms with van der Waals surface area (Å²) in [5, 5.41) is 2.72. The van der Waals surface area contributed by atoms with Crippen LogP contribution in [0.2, 0.25) is 10.0 Å². The van der Waals surface area contributed by atoms with E-state index < -0.39 is 0 Å². The second-order valence-corrected chi connectivity index (χ2v) is 10.2. The molecular weight excluding hydrogens is 393 g/mol. The maximum absolute atomic E-state index is 6.04. The minimum Gasteiger partial charge on any atom is -0.248 e. The highest BCUT2D eigenvalue weighted by Crippen LogP contribution is 2.39. The third-order valence-corrected chi connectivity index (χ3v) is 7.13. The summed E-state index contributed by atoms with van der Waals surface area (Å²) in [7, 11) is 0. The lowest BCUT2D eigenvalue weighted by molar-refractivity contribution is 0.374. The SMILES string of the molecule is CC(C)(CCC(C)(C)c1ncc(-c2ccc(Cl)cc2)s1)c1ccc(Cl)cc1. The van der Waals surface area contributed by atoms with Crippen LogP contribution in [0.1, 0.15) is 51.1 Å². The van der Waals surface area contributed by atoms with E-state index in [1.165, 1.54) is 21.0 Å². The number of benzene rings is 2. The smallest absolute Gasteiger partial charge is 0.0987 e. The van der Waals surface area contributed by atoms with Crippen LogP contribution in [-0.2, 0) is 10.8 Å². The van der Waals surface area contributed by atoms with Crippen LogP contribution in [0.25, 0.3) is 10.4 Å². The van der Waals surface area contributed by atoms with Crippen molar-refractivity contribution in [3.05, 3.63) is 75.3 Å². The molecule has 0 N–H and O–H groups in total. The molecule has 3 aromatic rings. The van der Waals surface area contributed by atoms with Gasteiger partial charge in [0.15, 0.2) is 0 Å². The zero-order chi connectivity index (χ0) is 19.7. The molecule has 0 saturated carbocycles. The van der Waals surface area contributed by atoms with Crippen LogP contribution in [-0.4, -0.2) is 4.98 Å². The summed E-state index contributed by atoms with van der Waals surface area (Å²) in [6.07, 6.45) is 4.13. The molecule has 0 unspecified atom stereocenters. The van der Waals surface area contributed by atoms with E-state index in [0.29, 0.717) is 0 Å². The maximum atomic E-state index is 6.04. The third kappa shape index (κ3) is 4.93. The Morgan fingerprint density at radius 1 is 0.778 bits per heavy atom. The van der Waals surface area contributed by atoms with Crippen LogP contribution in [0.5, 0.6) is 0 Å². The first-order chi connectivity index (χ1) is 12.7. The molecule has 1 aromatic heterocycles. The predicted octanol–water partition coefficient (Wildman–Crippen LogP) is 8.15. The molecule has 3 rings (SSSR count). The molecule has 0 fully saturated rings. The van der Waals surface area contributed by atoms with Gasteiger partial charge in [0, 0.05) is 21.7 Å². The van der Waals surface area contributed by atoms with E-state index in [4.69, 9.17) is 28.2 Å². The Labute approximate surface area is 176 Å². The molecule has 0 bridgehead atoms. The molecule has 0 atom stereocenters. The highest BCUT2D eigenvalue weighted by atomic mass is 35.5. The Bertz CT molecular complexity index is 893. The topological polar surface area (TPSA) is 12.9 Å². The fourth-order valence-corrected chi connectivity index (χ4v) is 4.42. The molecule has 0 aliphatic carbocycles. The summed E-state index contributed by atoms with van der Waals surface area (Å²) in [6.45, 7) is 9.17. The Morgan fingerprint density at radius 3 is 1.89 bits per heavy atom. The van der Waals surface area contributed by atoms with Crippen molar-refractivity contribution < 1.29 is 0 Å². The standard InChI is InChI=1S/C23H25Cl2NS/c1-22(2,17-7-11-19(25)12-8-17)13-14-23(3,4)21-26-15-20(27-21)16-5-9-18(24)10-6-16/h5-12,15H,13-14H2,1-4H3. The molecule has 1 nitrogen and oxygen atoms in total. The number of hydrogen-bond acceptors (Lipinski definition) is 2. The largest absolute Gasteiger partial charge is 0.248 e. The number of rotatable bonds is 6. The molecular formula is C23H25Cl2NS. The number of halogens is 2. The Morgan fingerprint density at radius 2 is 1.30 bits per heavy atom. The van der Waals surface area contributed by atoms with E-state index in [2.05, 4.69) is 52.0 Å². The highest BCUT2D eigenvalue weighted by molar-refractivity contribution is 7.15. The van der Waals surface area contributed by atoms with Crippen molar-refractivity contribution in [2.24, 2.45) is 0 Å². The van der Waals surface area contributed by atoms with Gasteiger partial charge in [0.05, 0.1) is 9.88 Å². The summed E-state index contributed by atoms with van der Waals surface area (Å²) < 4.78 is 0. The lowest BCUT2D eigenvalue weighted by Crippen LogP contribution is -2.24. The predicted molar refractivity (Wildman–Crippen MR) is 119 cm³/mol. The van der Waals surface area contributed by atoms with Gasteiger partial charge in [-0.3, -0.25) is 0 Å². The lowest BCUT2D eigenvalue weighted by Gasteiger charge is -2.30. The van der Waals surface area contributed by atoms with Gasteiger partial charge in [0.25, 0.3) is 0 Å². The number of aromatic nitrogens is 1. The minimum atomic E-state index is 0.0268. The molecule has 1 heterocycles. The number of thiazole rings is 1. The van der Waals surface area contributed by atoms with Gasteiger partial charge in [0.1, 0.15) is 0 Å².